The number of nitrogens with one attached hydrogen (secondary N) is 1. The number of hydrogen-bond acceptors (Lipinski definition) is 2. The van der Waals surface area contributed by atoms with Crippen molar-refractivity contribution in [3.63, 3.8) is 0 Å². The van der Waals surface area contributed by atoms with E-state index in [-0.39, 0.29) is 11.8 Å². The number of aromatic nitrogens is 1. The zero-order valence-electron chi connectivity index (χ0n) is 9.73. The summed E-state index contributed by atoms with van der Waals surface area (Å²) in [6, 6.07) is 1.79. The van der Waals surface area contributed by atoms with Gasteiger partial charge in [-0.25, -0.2) is 0 Å². The lowest BCUT2D eigenvalue weighted by Crippen LogP contribution is -2.45. The van der Waals surface area contributed by atoms with Gasteiger partial charge in [-0.3, -0.25) is 4.79 Å². The van der Waals surface area contributed by atoms with Crippen molar-refractivity contribution in [3.05, 3.63) is 23.5 Å². The van der Waals surface area contributed by atoms with Crippen LogP contribution < -0.4 is 0 Å². The maximum absolute atomic E-state index is 12.1. The van der Waals surface area contributed by atoms with Crippen molar-refractivity contribution >= 4 is 5.91 Å². The summed E-state index contributed by atoms with van der Waals surface area (Å²) in [6.45, 7) is 5.09. The van der Waals surface area contributed by atoms with Crippen molar-refractivity contribution < 1.29 is 9.90 Å². The van der Waals surface area contributed by atoms with Crippen LogP contribution in [0.5, 0.6) is 0 Å². The smallest absolute Gasteiger partial charge is 0.255 e. The molecule has 2 atom stereocenters. The molecule has 1 fully saturated rings. The third-order valence-corrected chi connectivity index (χ3v) is 3.39. The van der Waals surface area contributed by atoms with Crippen molar-refractivity contribution in [2.75, 3.05) is 13.1 Å². The highest BCUT2D eigenvalue weighted by Gasteiger charge is 2.28. The molecule has 0 saturated carbocycles. The number of aryl methyl sites for hydroxylation is 1. The number of likely N-dealkylation sites (tertiary alicyclic amines) is 1. The van der Waals surface area contributed by atoms with Crippen LogP contribution in [0, 0.1) is 12.8 Å². The molecule has 1 aliphatic heterocycles. The van der Waals surface area contributed by atoms with E-state index in [9.17, 15) is 9.90 Å². The van der Waals surface area contributed by atoms with Crippen LogP contribution in [-0.4, -0.2) is 40.1 Å². The molecule has 0 spiro atoms. The SMILES string of the molecule is Cc1[nH]ccc1C(=O)N1CCC(C)C(O)C1. The molecule has 1 amide bonds. The minimum Gasteiger partial charge on any atom is -0.391 e. The van der Waals surface area contributed by atoms with Crippen LogP contribution in [0.2, 0.25) is 0 Å². The van der Waals surface area contributed by atoms with E-state index in [1.165, 1.54) is 0 Å². The fourth-order valence-electron chi connectivity index (χ4n) is 2.09. The Morgan fingerprint density at radius 1 is 1.62 bits per heavy atom. The fraction of sp³-hybridized carbons (Fsp3) is 0.583. The van der Waals surface area contributed by atoms with E-state index in [4.69, 9.17) is 0 Å². The number of rotatable bonds is 1. The maximum Gasteiger partial charge on any atom is 0.255 e. The summed E-state index contributed by atoms with van der Waals surface area (Å²) in [4.78, 5) is 16.9. The quantitative estimate of drug-likeness (QED) is 0.749. The van der Waals surface area contributed by atoms with Gasteiger partial charge >= 0.3 is 0 Å². The molecule has 1 saturated heterocycles. The molecule has 88 valence electrons. The Balaban J connectivity index is 2.09. The van der Waals surface area contributed by atoms with Crippen LogP contribution >= 0.6 is 0 Å². The molecule has 2 rings (SSSR count). The predicted octanol–water partition coefficient (Wildman–Crippen LogP) is 1.17. The normalized spacial score (nSPS) is 25.8. The molecule has 4 nitrogen and oxygen atoms in total. The zero-order valence-corrected chi connectivity index (χ0v) is 9.73. The molecule has 0 aliphatic carbocycles. The standard InChI is InChI=1S/C12H18N2O2/c1-8-4-6-14(7-11(8)15)12(16)10-3-5-13-9(10)2/h3,5,8,11,13,15H,4,6-7H2,1-2H3. The summed E-state index contributed by atoms with van der Waals surface area (Å²) < 4.78 is 0. The van der Waals surface area contributed by atoms with E-state index < -0.39 is 6.10 Å². The summed E-state index contributed by atoms with van der Waals surface area (Å²) in [7, 11) is 0. The first kappa shape index (κ1) is 11.2. The van der Waals surface area contributed by atoms with Gasteiger partial charge in [0.15, 0.2) is 0 Å². The van der Waals surface area contributed by atoms with Gasteiger partial charge in [0.05, 0.1) is 11.7 Å². The van der Waals surface area contributed by atoms with Gasteiger partial charge in [-0.1, -0.05) is 6.92 Å². The van der Waals surface area contributed by atoms with Crippen LogP contribution in [0.4, 0.5) is 0 Å². The van der Waals surface area contributed by atoms with E-state index in [0.29, 0.717) is 12.1 Å². The molecule has 4 heteroatoms. The van der Waals surface area contributed by atoms with E-state index in [1.807, 2.05) is 13.8 Å². The number of nitrogens with zero attached hydrogens (tertiary/aromatic N) is 1. The third-order valence-electron chi connectivity index (χ3n) is 3.39. The van der Waals surface area contributed by atoms with Gasteiger partial charge in [0.25, 0.3) is 5.91 Å². The first-order chi connectivity index (χ1) is 7.59. The van der Waals surface area contributed by atoms with E-state index >= 15 is 0 Å². The van der Waals surface area contributed by atoms with Crippen molar-refractivity contribution in [3.8, 4) is 0 Å². The van der Waals surface area contributed by atoms with Crippen molar-refractivity contribution in [1.82, 2.24) is 9.88 Å². The average Bonchev–Trinajstić information content (AvgIpc) is 2.67. The third kappa shape index (κ3) is 1.97. The second kappa shape index (κ2) is 4.29. The molecular weight excluding hydrogens is 204 g/mol. The number of hydrogen-bond donors (Lipinski definition) is 2. The molecule has 2 N–H and O–H groups in total. The largest absolute Gasteiger partial charge is 0.391 e. The Labute approximate surface area is 95.3 Å². The summed E-state index contributed by atoms with van der Waals surface area (Å²) >= 11 is 0. The number of amides is 1. The van der Waals surface area contributed by atoms with Gasteiger partial charge in [0.1, 0.15) is 0 Å². The first-order valence-electron chi connectivity index (χ1n) is 5.71. The first-order valence-corrected chi connectivity index (χ1v) is 5.71. The second-order valence-corrected chi connectivity index (χ2v) is 4.60. The van der Waals surface area contributed by atoms with E-state index in [0.717, 1.165) is 18.7 Å². The van der Waals surface area contributed by atoms with Gasteiger partial charge in [0, 0.05) is 25.0 Å². The lowest BCUT2D eigenvalue weighted by molar-refractivity contribution is 0.0248. The lowest BCUT2D eigenvalue weighted by Gasteiger charge is -2.34. The summed E-state index contributed by atoms with van der Waals surface area (Å²) in [5.41, 5.74) is 1.60. The van der Waals surface area contributed by atoms with E-state index in [2.05, 4.69) is 4.98 Å². The number of aromatic amines is 1. The molecule has 0 aromatic carbocycles. The van der Waals surface area contributed by atoms with Crippen LogP contribution in [0.1, 0.15) is 29.4 Å². The van der Waals surface area contributed by atoms with Gasteiger partial charge < -0.3 is 15.0 Å². The minimum absolute atomic E-state index is 0.0182. The highest BCUT2D eigenvalue weighted by Crippen LogP contribution is 2.19. The Kier molecular flexibility index (Phi) is 3.01. The molecule has 2 heterocycles. The number of carbonyl (C=O) groups is 1. The van der Waals surface area contributed by atoms with Crippen molar-refractivity contribution in [2.24, 2.45) is 5.92 Å². The number of piperidine rings is 1. The zero-order chi connectivity index (χ0) is 11.7. The Morgan fingerprint density at radius 3 is 2.94 bits per heavy atom. The van der Waals surface area contributed by atoms with Gasteiger partial charge in [-0.05, 0) is 25.3 Å². The topological polar surface area (TPSA) is 56.3 Å². The number of carbonyl (C=O) groups excluding carboxylic acids is 1. The second-order valence-electron chi connectivity index (χ2n) is 4.60. The molecule has 1 aliphatic rings. The molecule has 2 unspecified atom stereocenters. The predicted molar refractivity (Wildman–Crippen MR) is 61.2 cm³/mol. The highest BCUT2D eigenvalue weighted by atomic mass is 16.3. The maximum atomic E-state index is 12.1. The molecule has 0 bridgehead atoms. The highest BCUT2D eigenvalue weighted by molar-refractivity contribution is 5.95. The van der Waals surface area contributed by atoms with E-state index in [1.54, 1.807) is 17.2 Å². The summed E-state index contributed by atoms with van der Waals surface area (Å²) in [5.74, 6) is 0.307. The number of H-pyrrole nitrogens is 1. The average molecular weight is 222 g/mol. The number of β-amino-alcohol motifs (C(OH)–C–C–N with tert-alkyl or cyclic N) is 1. The summed E-state index contributed by atoms with van der Waals surface area (Å²) in [6.07, 6.45) is 2.25. The number of aliphatic hydroxyl groups excluding tert-OH is 1. The van der Waals surface area contributed by atoms with Gasteiger partial charge in [-0.2, -0.15) is 0 Å². The Morgan fingerprint density at radius 2 is 2.38 bits per heavy atom. The lowest BCUT2D eigenvalue weighted by atomic mass is 9.95. The van der Waals surface area contributed by atoms with Gasteiger partial charge in [0.2, 0.25) is 0 Å². The molecule has 16 heavy (non-hydrogen) atoms. The monoisotopic (exact) mass is 222 g/mol. The van der Waals surface area contributed by atoms with Crippen LogP contribution in [0.15, 0.2) is 12.3 Å². The fourth-order valence-corrected chi connectivity index (χ4v) is 2.09. The minimum atomic E-state index is -0.392. The number of aliphatic hydroxyl groups is 1. The van der Waals surface area contributed by atoms with Gasteiger partial charge in [-0.15, -0.1) is 0 Å². The molecular formula is C12H18N2O2. The Hall–Kier alpha value is -1.29. The molecule has 1 aromatic rings. The van der Waals surface area contributed by atoms with Crippen molar-refractivity contribution in [2.45, 2.75) is 26.4 Å². The summed E-state index contributed by atoms with van der Waals surface area (Å²) in [5, 5.41) is 9.76. The van der Waals surface area contributed by atoms with Crippen LogP contribution in [0.25, 0.3) is 0 Å². The Bertz CT molecular complexity index is 386. The van der Waals surface area contributed by atoms with Crippen LogP contribution in [0.3, 0.4) is 0 Å². The molecule has 0 radical (unpaired) electrons. The molecule has 1 aromatic heterocycles. The van der Waals surface area contributed by atoms with Crippen molar-refractivity contribution in [1.29, 1.82) is 0 Å². The van der Waals surface area contributed by atoms with Crippen LogP contribution in [-0.2, 0) is 0 Å².